The van der Waals surface area contributed by atoms with Crippen molar-refractivity contribution >= 4 is 23.3 Å². The molecule has 0 aliphatic carbocycles. The fourth-order valence-corrected chi connectivity index (χ4v) is 5.90. The standard InChI is InChI=1S/C36H47N5O7/c1-24-19-41(25(2)22-42)35(43)30-17-28(38-36(44)39-29-9-11-32-33(18-29)47-23-46-32)8-10-31(30)48-26(3)7-5-6-16-45-34(24)21-40(4)20-27-12-14-37-15-13-27/h8-15,17-18,24-26,34,42H,5-7,16,19-23H2,1-4H3,(H2,38,39,44)/t24-,25-,26-,34-/m0/s1. The maximum absolute atomic E-state index is 14.4. The summed E-state index contributed by atoms with van der Waals surface area (Å²) in [6.07, 6.45) is 5.85. The van der Waals surface area contributed by atoms with Crippen LogP contribution in [-0.2, 0) is 11.3 Å². The summed E-state index contributed by atoms with van der Waals surface area (Å²) in [5.41, 5.74) is 2.41. The number of benzene rings is 2. The second-order valence-electron chi connectivity index (χ2n) is 12.7. The number of carbonyl (C=O) groups is 2. The highest BCUT2D eigenvalue weighted by Gasteiger charge is 2.30. The molecule has 2 aliphatic heterocycles. The van der Waals surface area contributed by atoms with E-state index in [1.54, 1.807) is 53.7 Å². The van der Waals surface area contributed by atoms with Crippen molar-refractivity contribution < 1.29 is 33.6 Å². The van der Waals surface area contributed by atoms with E-state index in [-0.39, 0.29) is 37.4 Å². The number of hydrogen-bond acceptors (Lipinski definition) is 9. The summed E-state index contributed by atoms with van der Waals surface area (Å²) in [6, 6.07) is 13.3. The third-order valence-corrected chi connectivity index (χ3v) is 8.63. The van der Waals surface area contributed by atoms with E-state index in [1.807, 2.05) is 26.0 Å². The molecule has 12 heteroatoms. The number of urea groups is 1. The summed E-state index contributed by atoms with van der Waals surface area (Å²) in [7, 11) is 2.06. The largest absolute Gasteiger partial charge is 0.490 e. The molecule has 2 aliphatic rings. The molecule has 3 aromatic rings. The van der Waals surface area contributed by atoms with Gasteiger partial charge < -0.3 is 39.6 Å². The molecule has 2 aromatic carbocycles. The summed E-state index contributed by atoms with van der Waals surface area (Å²) in [4.78, 5) is 35.4. The number of aliphatic hydroxyl groups excluding tert-OH is 1. The van der Waals surface area contributed by atoms with Gasteiger partial charge in [0.2, 0.25) is 6.79 Å². The lowest BCUT2D eigenvalue weighted by Crippen LogP contribution is -2.47. The van der Waals surface area contributed by atoms with Gasteiger partial charge in [0.05, 0.1) is 30.4 Å². The molecule has 5 rings (SSSR count). The number of carbonyl (C=O) groups excluding carboxylic acids is 2. The SMILES string of the molecule is C[C@H]1CCCCO[C@@H](CN(C)Cc2ccncc2)[C@@H](C)CN([C@@H](C)CO)C(=O)c2cc(NC(=O)Nc3ccc4c(c3)OCO4)ccc2O1. The lowest BCUT2D eigenvalue weighted by atomic mass is 10.0. The maximum Gasteiger partial charge on any atom is 0.323 e. The van der Waals surface area contributed by atoms with Crippen LogP contribution < -0.4 is 24.8 Å². The minimum atomic E-state index is -0.485. The quantitative estimate of drug-likeness (QED) is 0.291. The molecule has 0 bridgehead atoms. The van der Waals surface area contributed by atoms with Gasteiger partial charge in [-0.25, -0.2) is 4.79 Å². The average Bonchev–Trinajstić information content (AvgIpc) is 3.54. The van der Waals surface area contributed by atoms with Crippen molar-refractivity contribution in [2.45, 2.75) is 64.8 Å². The van der Waals surface area contributed by atoms with Crippen LogP contribution in [0.1, 0.15) is 56.0 Å². The molecule has 0 saturated heterocycles. The van der Waals surface area contributed by atoms with Gasteiger partial charge in [-0.15, -0.1) is 0 Å². The highest BCUT2D eigenvalue weighted by Crippen LogP contribution is 2.34. The molecule has 4 atom stereocenters. The maximum atomic E-state index is 14.4. The molecular weight excluding hydrogens is 614 g/mol. The second kappa shape index (κ2) is 16.6. The molecule has 0 saturated carbocycles. The van der Waals surface area contributed by atoms with Crippen LogP contribution >= 0.6 is 0 Å². The molecule has 0 radical (unpaired) electrons. The van der Waals surface area contributed by atoms with Gasteiger partial charge in [-0.3, -0.25) is 14.7 Å². The number of aromatic nitrogens is 1. The fourth-order valence-electron chi connectivity index (χ4n) is 5.90. The van der Waals surface area contributed by atoms with E-state index in [4.69, 9.17) is 18.9 Å². The third kappa shape index (κ3) is 9.36. The van der Waals surface area contributed by atoms with Crippen LogP contribution in [0.25, 0.3) is 0 Å². The van der Waals surface area contributed by atoms with Crippen molar-refractivity contribution in [2.24, 2.45) is 5.92 Å². The molecule has 3 amide bonds. The first-order chi connectivity index (χ1) is 23.2. The summed E-state index contributed by atoms with van der Waals surface area (Å²) in [5.74, 6) is 1.25. The van der Waals surface area contributed by atoms with E-state index >= 15 is 0 Å². The highest BCUT2D eigenvalue weighted by molar-refractivity contribution is 6.02. The Kier molecular flexibility index (Phi) is 12.1. The number of pyridine rings is 1. The van der Waals surface area contributed by atoms with E-state index in [0.29, 0.717) is 53.9 Å². The first-order valence-corrected chi connectivity index (χ1v) is 16.6. The third-order valence-electron chi connectivity index (χ3n) is 8.63. The molecule has 3 heterocycles. The average molecular weight is 662 g/mol. The van der Waals surface area contributed by atoms with Crippen LogP contribution in [-0.4, -0.2) is 90.2 Å². The van der Waals surface area contributed by atoms with Gasteiger partial charge in [0, 0.05) is 62.0 Å². The van der Waals surface area contributed by atoms with Crippen LogP contribution in [0, 0.1) is 5.92 Å². The van der Waals surface area contributed by atoms with Crippen molar-refractivity contribution in [3.63, 3.8) is 0 Å². The summed E-state index contributed by atoms with van der Waals surface area (Å²) < 4.78 is 23.6. The van der Waals surface area contributed by atoms with Crippen LogP contribution in [0.15, 0.2) is 60.9 Å². The minimum absolute atomic E-state index is 0.0529. The predicted octanol–water partition coefficient (Wildman–Crippen LogP) is 5.38. The number of ether oxygens (including phenoxy) is 4. The smallest absolute Gasteiger partial charge is 0.323 e. The molecule has 0 unspecified atom stereocenters. The van der Waals surface area contributed by atoms with Crippen molar-refractivity contribution in [3.05, 3.63) is 72.1 Å². The zero-order chi connectivity index (χ0) is 34.0. The number of nitrogens with zero attached hydrogens (tertiary/aromatic N) is 3. The molecule has 258 valence electrons. The van der Waals surface area contributed by atoms with Gasteiger partial charge in [0.1, 0.15) is 5.75 Å². The molecule has 3 N–H and O–H groups in total. The van der Waals surface area contributed by atoms with Crippen LogP contribution in [0.3, 0.4) is 0 Å². The second-order valence-corrected chi connectivity index (χ2v) is 12.7. The van der Waals surface area contributed by atoms with E-state index < -0.39 is 12.1 Å². The van der Waals surface area contributed by atoms with Gasteiger partial charge in [-0.2, -0.15) is 0 Å². The predicted molar refractivity (Wildman–Crippen MR) is 183 cm³/mol. The number of anilines is 2. The van der Waals surface area contributed by atoms with Crippen LogP contribution in [0.5, 0.6) is 17.2 Å². The monoisotopic (exact) mass is 661 g/mol. The van der Waals surface area contributed by atoms with Crippen molar-refractivity contribution in [1.82, 2.24) is 14.8 Å². The number of aliphatic hydroxyl groups is 1. The number of fused-ring (bicyclic) bond motifs is 2. The van der Waals surface area contributed by atoms with Crippen molar-refractivity contribution in [3.8, 4) is 17.2 Å². The topological polar surface area (TPSA) is 135 Å². The van der Waals surface area contributed by atoms with Gasteiger partial charge in [-0.1, -0.05) is 6.92 Å². The van der Waals surface area contributed by atoms with E-state index in [1.165, 1.54) is 0 Å². The first kappa shape index (κ1) is 34.9. The lowest BCUT2D eigenvalue weighted by Gasteiger charge is -2.36. The Labute approximate surface area is 282 Å². The number of rotatable bonds is 8. The zero-order valence-corrected chi connectivity index (χ0v) is 28.2. The number of hydrogen-bond donors (Lipinski definition) is 3. The van der Waals surface area contributed by atoms with E-state index in [0.717, 1.165) is 31.4 Å². The number of amides is 3. The Hall–Kier alpha value is -4.39. The molecule has 0 fully saturated rings. The zero-order valence-electron chi connectivity index (χ0n) is 28.2. The molecule has 0 spiro atoms. The van der Waals surface area contributed by atoms with Gasteiger partial charge in [0.15, 0.2) is 11.5 Å². The highest BCUT2D eigenvalue weighted by atomic mass is 16.7. The summed E-state index contributed by atoms with van der Waals surface area (Å²) >= 11 is 0. The summed E-state index contributed by atoms with van der Waals surface area (Å²) in [6.45, 7) is 8.18. The number of nitrogens with one attached hydrogen (secondary N) is 2. The lowest BCUT2D eigenvalue weighted by molar-refractivity contribution is -0.0177. The van der Waals surface area contributed by atoms with E-state index in [2.05, 4.69) is 34.5 Å². The van der Waals surface area contributed by atoms with Crippen molar-refractivity contribution in [2.75, 3.05) is 50.8 Å². The normalized spacial score (nSPS) is 20.8. The molecule has 1 aromatic heterocycles. The summed E-state index contributed by atoms with van der Waals surface area (Å²) in [5, 5.41) is 15.9. The van der Waals surface area contributed by atoms with Crippen LogP contribution in [0.4, 0.5) is 16.2 Å². The molecular formula is C36H47N5O7. The first-order valence-electron chi connectivity index (χ1n) is 16.6. The fraction of sp³-hybridized carbons (Fsp3) is 0.472. The van der Waals surface area contributed by atoms with Crippen molar-refractivity contribution in [1.29, 1.82) is 0 Å². The van der Waals surface area contributed by atoms with Gasteiger partial charge in [0.25, 0.3) is 5.91 Å². The van der Waals surface area contributed by atoms with E-state index in [9.17, 15) is 14.7 Å². The van der Waals surface area contributed by atoms with Gasteiger partial charge >= 0.3 is 6.03 Å². The van der Waals surface area contributed by atoms with Gasteiger partial charge in [-0.05, 0) is 88.2 Å². The molecule has 12 nitrogen and oxygen atoms in total. The Morgan fingerprint density at radius 1 is 1.02 bits per heavy atom. The Morgan fingerprint density at radius 3 is 2.48 bits per heavy atom. The minimum Gasteiger partial charge on any atom is -0.490 e. The molecule has 48 heavy (non-hydrogen) atoms. The number of likely N-dealkylation sites (N-methyl/N-ethyl adjacent to an activating group) is 1. The Bertz CT molecular complexity index is 1520. The Morgan fingerprint density at radius 2 is 1.73 bits per heavy atom. The Balaban J connectivity index is 1.36. The van der Waals surface area contributed by atoms with Crippen LogP contribution in [0.2, 0.25) is 0 Å².